The van der Waals surface area contributed by atoms with Crippen LogP contribution in [0.5, 0.6) is 0 Å². The SMILES string of the molecule is CC(C)(Cn1c(/C=N/O)nc2c(N)nc3c(c21)CCCC3)NS(C)(=O)=O. The summed E-state index contributed by atoms with van der Waals surface area (Å²) < 4.78 is 27.9. The van der Waals surface area contributed by atoms with Gasteiger partial charge >= 0.3 is 0 Å². The van der Waals surface area contributed by atoms with E-state index in [4.69, 9.17) is 10.9 Å². The zero-order chi connectivity index (χ0) is 19.1. The van der Waals surface area contributed by atoms with E-state index in [1.807, 2.05) is 4.57 Å². The van der Waals surface area contributed by atoms with E-state index < -0.39 is 15.6 Å². The maximum atomic E-state index is 11.7. The summed E-state index contributed by atoms with van der Waals surface area (Å²) in [5.41, 5.74) is 8.78. The number of aryl methyl sites for hydroxylation is 2. The molecule has 1 aliphatic carbocycles. The molecule has 0 amide bonds. The van der Waals surface area contributed by atoms with E-state index in [1.165, 1.54) is 6.21 Å². The summed E-state index contributed by atoms with van der Waals surface area (Å²) in [6.45, 7) is 3.88. The van der Waals surface area contributed by atoms with Crippen LogP contribution in [0, 0.1) is 0 Å². The van der Waals surface area contributed by atoms with Crippen LogP contribution < -0.4 is 10.5 Å². The summed E-state index contributed by atoms with van der Waals surface area (Å²) in [4.78, 5) is 8.98. The van der Waals surface area contributed by atoms with Crippen LogP contribution in [0.2, 0.25) is 0 Å². The van der Waals surface area contributed by atoms with Gasteiger partial charge in [-0.3, -0.25) is 0 Å². The van der Waals surface area contributed by atoms with Gasteiger partial charge in [-0.25, -0.2) is 23.1 Å². The van der Waals surface area contributed by atoms with Crippen molar-refractivity contribution >= 4 is 33.1 Å². The number of nitrogens with zero attached hydrogens (tertiary/aromatic N) is 4. The van der Waals surface area contributed by atoms with Crippen LogP contribution in [0.25, 0.3) is 11.0 Å². The number of oxime groups is 1. The zero-order valence-electron chi connectivity index (χ0n) is 15.2. The molecule has 2 heterocycles. The van der Waals surface area contributed by atoms with E-state index in [2.05, 4.69) is 19.8 Å². The minimum atomic E-state index is -3.39. The first-order valence-corrected chi connectivity index (χ1v) is 10.3. The van der Waals surface area contributed by atoms with Gasteiger partial charge in [0.15, 0.2) is 11.6 Å². The van der Waals surface area contributed by atoms with E-state index in [9.17, 15) is 8.42 Å². The molecule has 0 aliphatic heterocycles. The van der Waals surface area contributed by atoms with Crippen LogP contribution in [0.15, 0.2) is 5.16 Å². The van der Waals surface area contributed by atoms with Crippen LogP contribution in [0.3, 0.4) is 0 Å². The molecule has 0 spiro atoms. The van der Waals surface area contributed by atoms with Gasteiger partial charge in [0.1, 0.15) is 11.7 Å². The largest absolute Gasteiger partial charge is 0.411 e. The lowest BCUT2D eigenvalue weighted by atomic mass is 9.94. The van der Waals surface area contributed by atoms with Gasteiger partial charge in [0.25, 0.3) is 0 Å². The van der Waals surface area contributed by atoms with Crippen molar-refractivity contribution in [1.29, 1.82) is 0 Å². The highest BCUT2D eigenvalue weighted by molar-refractivity contribution is 7.88. The standard InChI is InChI=1S/C16H24N6O3S/c1-16(2,21-26(3,24)25)9-22-12(8-18-23)20-13-14(22)10-6-4-5-7-11(10)19-15(13)17/h8,21,23H,4-7,9H2,1-3H3,(H2,17,19)/b18-8+. The number of nitrogens with one attached hydrogen (secondary N) is 1. The van der Waals surface area contributed by atoms with Crippen LogP contribution in [0.4, 0.5) is 5.82 Å². The molecule has 0 saturated carbocycles. The van der Waals surface area contributed by atoms with Crippen molar-refractivity contribution in [2.45, 2.75) is 51.6 Å². The van der Waals surface area contributed by atoms with Crippen molar-refractivity contribution in [3.05, 3.63) is 17.1 Å². The Morgan fingerprint density at radius 2 is 2.04 bits per heavy atom. The maximum Gasteiger partial charge on any atom is 0.209 e. The van der Waals surface area contributed by atoms with E-state index in [-0.39, 0.29) is 0 Å². The highest BCUT2D eigenvalue weighted by Crippen LogP contribution is 2.32. The molecule has 2 aromatic heterocycles. The molecule has 26 heavy (non-hydrogen) atoms. The first kappa shape index (κ1) is 18.6. The molecule has 0 unspecified atom stereocenters. The number of nitrogen functional groups attached to an aromatic ring is 1. The van der Waals surface area contributed by atoms with E-state index >= 15 is 0 Å². The second kappa shape index (κ2) is 6.51. The summed E-state index contributed by atoms with van der Waals surface area (Å²) in [5, 5.41) is 12.1. The van der Waals surface area contributed by atoms with Gasteiger partial charge in [-0.1, -0.05) is 5.16 Å². The first-order chi connectivity index (χ1) is 12.1. The molecule has 0 atom stereocenters. The third kappa shape index (κ3) is 3.65. The Bertz CT molecular complexity index is 978. The maximum absolute atomic E-state index is 11.7. The molecule has 0 bridgehead atoms. The van der Waals surface area contributed by atoms with Crippen molar-refractivity contribution in [3.63, 3.8) is 0 Å². The van der Waals surface area contributed by atoms with Crippen LogP contribution in [0.1, 0.15) is 43.8 Å². The molecule has 2 aromatic rings. The quantitative estimate of drug-likeness (QED) is 0.403. The summed E-state index contributed by atoms with van der Waals surface area (Å²) >= 11 is 0. The van der Waals surface area contributed by atoms with Gasteiger partial charge < -0.3 is 15.5 Å². The predicted octanol–water partition coefficient (Wildman–Crippen LogP) is 1.03. The molecule has 4 N–H and O–H groups in total. The van der Waals surface area contributed by atoms with Crippen molar-refractivity contribution in [2.24, 2.45) is 5.16 Å². The average Bonchev–Trinajstić information content (AvgIpc) is 2.84. The number of nitrogens with two attached hydrogens (primary N) is 1. The molecule has 0 aromatic carbocycles. The Morgan fingerprint density at radius 1 is 1.35 bits per heavy atom. The number of hydrogen-bond donors (Lipinski definition) is 3. The molecular weight excluding hydrogens is 356 g/mol. The highest BCUT2D eigenvalue weighted by atomic mass is 32.2. The average molecular weight is 380 g/mol. The molecular formula is C16H24N6O3S. The fourth-order valence-corrected chi connectivity index (χ4v) is 4.73. The normalized spacial score (nSPS) is 15.7. The predicted molar refractivity (Wildman–Crippen MR) is 100 cm³/mol. The molecule has 142 valence electrons. The van der Waals surface area contributed by atoms with Gasteiger partial charge in [-0.2, -0.15) is 0 Å². The Hall–Kier alpha value is -2.20. The summed E-state index contributed by atoms with van der Waals surface area (Å²) in [7, 11) is -3.39. The number of aromatic nitrogens is 3. The fraction of sp³-hybridized carbons (Fsp3) is 0.562. The van der Waals surface area contributed by atoms with Crippen molar-refractivity contribution in [1.82, 2.24) is 19.3 Å². The smallest absolute Gasteiger partial charge is 0.209 e. The van der Waals surface area contributed by atoms with E-state index in [0.29, 0.717) is 23.7 Å². The van der Waals surface area contributed by atoms with E-state index in [0.717, 1.165) is 48.7 Å². The number of hydrogen-bond acceptors (Lipinski definition) is 7. The van der Waals surface area contributed by atoms with Crippen LogP contribution in [-0.2, 0) is 29.4 Å². The number of pyridine rings is 1. The topological polar surface area (TPSA) is 135 Å². The summed E-state index contributed by atoms with van der Waals surface area (Å²) in [6, 6.07) is 0. The molecule has 9 nitrogen and oxygen atoms in total. The Labute approximate surface area is 152 Å². The number of imidazole rings is 1. The fourth-order valence-electron chi connectivity index (χ4n) is 3.66. The van der Waals surface area contributed by atoms with Crippen molar-refractivity contribution in [3.8, 4) is 0 Å². The molecule has 0 radical (unpaired) electrons. The lowest BCUT2D eigenvalue weighted by molar-refractivity contribution is 0.321. The van der Waals surface area contributed by atoms with E-state index in [1.54, 1.807) is 13.8 Å². The number of fused-ring (bicyclic) bond motifs is 3. The van der Waals surface area contributed by atoms with Crippen LogP contribution >= 0.6 is 0 Å². The lowest BCUT2D eigenvalue weighted by Crippen LogP contribution is -2.46. The Balaban J connectivity index is 2.22. The number of rotatable bonds is 5. The Morgan fingerprint density at radius 3 is 2.69 bits per heavy atom. The number of sulfonamides is 1. The van der Waals surface area contributed by atoms with Crippen LogP contribution in [-0.4, -0.2) is 46.2 Å². The third-order valence-corrected chi connectivity index (χ3v) is 5.33. The summed E-state index contributed by atoms with van der Waals surface area (Å²) in [5.74, 6) is 0.735. The van der Waals surface area contributed by atoms with Gasteiger partial charge in [-0.05, 0) is 45.1 Å². The second-order valence-corrected chi connectivity index (χ2v) is 9.13. The lowest BCUT2D eigenvalue weighted by Gasteiger charge is -2.27. The van der Waals surface area contributed by atoms with Gasteiger partial charge in [0.05, 0.1) is 11.8 Å². The zero-order valence-corrected chi connectivity index (χ0v) is 16.0. The first-order valence-electron chi connectivity index (χ1n) is 8.45. The molecule has 1 aliphatic rings. The molecule has 3 rings (SSSR count). The number of anilines is 1. The minimum Gasteiger partial charge on any atom is -0.411 e. The molecule has 10 heteroatoms. The van der Waals surface area contributed by atoms with Gasteiger partial charge in [0.2, 0.25) is 10.0 Å². The van der Waals surface area contributed by atoms with Crippen molar-refractivity contribution < 1.29 is 13.6 Å². The molecule has 0 fully saturated rings. The minimum absolute atomic E-state index is 0.299. The second-order valence-electron chi connectivity index (χ2n) is 7.39. The van der Waals surface area contributed by atoms with Crippen molar-refractivity contribution in [2.75, 3.05) is 12.0 Å². The highest BCUT2D eigenvalue weighted by Gasteiger charge is 2.28. The third-order valence-electron chi connectivity index (χ3n) is 4.41. The molecule has 0 saturated heterocycles. The van der Waals surface area contributed by atoms with Gasteiger partial charge in [-0.15, -0.1) is 0 Å². The Kier molecular flexibility index (Phi) is 4.65. The van der Waals surface area contributed by atoms with Gasteiger partial charge in [0, 0.05) is 17.8 Å². The summed E-state index contributed by atoms with van der Waals surface area (Å²) in [6.07, 6.45) is 6.18. The monoisotopic (exact) mass is 380 g/mol.